The van der Waals surface area contributed by atoms with Crippen LogP contribution in [0.15, 0.2) is 36.4 Å². The molecule has 126 valence electrons. The van der Waals surface area contributed by atoms with E-state index in [1.165, 1.54) is 14.2 Å². The Morgan fingerprint density at radius 2 is 1.58 bits per heavy atom. The number of hydrogen-bond donors (Lipinski definition) is 1. The Hall–Kier alpha value is -3.02. The summed E-state index contributed by atoms with van der Waals surface area (Å²) in [5.41, 5.74) is 2.11. The summed E-state index contributed by atoms with van der Waals surface area (Å²) >= 11 is 0. The SMILES string of the molecule is COC(=O)c1ccc(NC(=O)c2ccc(OC)c(C)c2OC)cc1. The Kier molecular flexibility index (Phi) is 5.42. The molecule has 6 nitrogen and oxygen atoms in total. The first-order chi connectivity index (χ1) is 11.5. The molecule has 0 aliphatic carbocycles. The lowest BCUT2D eigenvalue weighted by Crippen LogP contribution is -2.14. The average molecular weight is 329 g/mol. The van der Waals surface area contributed by atoms with Gasteiger partial charge in [-0.15, -0.1) is 0 Å². The maximum Gasteiger partial charge on any atom is 0.337 e. The summed E-state index contributed by atoms with van der Waals surface area (Å²) in [6.07, 6.45) is 0. The number of carbonyl (C=O) groups excluding carboxylic acids is 2. The monoisotopic (exact) mass is 329 g/mol. The Morgan fingerprint density at radius 1 is 0.917 bits per heavy atom. The second-order valence-electron chi connectivity index (χ2n) is 5.00. The zero-order valence-corrected chi connectivity index (χ0v) is 14.0. The van der Waals surface area contributed by atoms with Gasteiger partial charge in [-0.1, -0.05) is 0 Å². The van der Waals surface area contributed by atoms with E-state index in [-0.39, 0.29) is 5.91 Å². The van der Waals surface area contributed by atoms with Crippen molar-refractivity contribution in [2.24, 2.45) is 0 Å². The summed E-state index contributed by atoms with van der Waals surface area (Å²) in [5.74, 6) is 0.354. The van der Waals surface area contributed by atoms with Crippen molar-refractivity contribution in [1.29, 1.82) is 0 Å². The van der Waals surface area contributed by atoms with Gasteiger partial charge in [0.2, 0.25) is 0 Å². The fourth-order valence-corrected chi connectivity index (χ4v) is 2.34. The highest BCUT2D eigenvalue weighted by atomic mass is 16.5. The Balaban J connectivity index is 2.24. The van der Waals surface area contributed by atoms with Gasteiger partial charge in [-0.2, -0.15) is 0 Å². The topological polar surface area (TPSA) is 73.9 Å². The lowest BCUT2D eigenvalue weighted by Gasteiger charge is -2.14. The Bertz CT molecular complexity index is 753. The van der Waals surface area contributed by atoms with Gasteiger partial charge < -0.3 is 19.5 Å². The van der Waals surface area contributed by atoms with Crippen molar-refractivity contribution in [3.05, 3.63) is 53.1 Å². The summed E-state index contributed by atoms with van der Waals surface area (Å²) in [6, 6.07) is 9.78. The van der Waals surface area contributed by atoms with Gasteiger partial charge in [0.05, 0.1) is 32.5 Å². The average Bonchev–Trinajstić information content (AvgIpc) is 2.61. The van der Waals surface area contributed by atoms with Crippen molar-refractivity contribution in [3.8, 4) is 11.5 Å². The van der Waals surface area contributed by atoms with Crippen LogP contribution >= 0.6 is 0 Å². The molecule has 0 atom stereocenters. The molecular formula is C18H19NO5. The number of hydrogen-bond acceptors (Lipinski definition) is 5. The summed E-state index contributed by atoms with van der Waals surface area (Å²) in [5, 5.41) is 2.77. The molecule has 0 aliphatic heterocycles. The van der Waals surface area contributed by atoms with Crippen molar-refractivity contribution < 1.29 is 23.8 Å². The van der Waals surface area contributed by atoms with E-state index in [4.69, 9.17) is 9.47 Å². The van der Waals surface area contributed by atoms with Crippen LogP contribution in [0.4, 0.5) is 5.69 Å². The van der Waals surface area contributed by atoms with E-state index < -0.39 is 5.97 Å². The fraction of sp³-hybridized carbons (Fsp3) is 0.222. The minimum absolute atomic E-state index is 0.316. The molecule has 0 saturated carbocycles. The zero-order valence-electron chi connectivity index (χ0n) is 14.0. The van der Waals surface area contributed by atoms with E-state index in [0.29, 0.717) is 28.3 Å². The molecule has 2 rings (SSSR count). The van der Waals surface area contributed by atoms with E-state index in [0.717, 1.165) is 5.56 Å². The number of carbonyl (C=O) groups is 2. The van der Waals surface area contributed by atoms with Crippen LogP contribution in [-0.2, 0) is 4.74 Å². The molecule has 6 heteroatoms. The van der Waals surface area contributed by atoms with E-state index in [1.54, 1.807) is 43.5 Å². The minimum atomic E-state index is -0.430. The lowest BCUT2D eigenvalue weighted by atomic mass is 10.1. The third-order valence-corrected chi connectivity index (χ3v) is 3.59. The van der Waals surface area contributed by atoms with Gasteiger partial charge in [-0.05, 0) is 43.3 Å². The first-order valence-corrected chi connectivity index (χ1v) is 7.23. The van der Waals surface area contributed by atoms with Crippen LogP contribution in [-0.4, -0.2) is 33.2 Å². The van der Waals surface area contributed by atoms with Gasteiger partial charge in [-0.3, -0.25) is 4.79 Å². The summed E-state index contributed by atoms with van der Waals surface area (Å²) in [7, 11) is 4.38. The van der Waals surface area contributed by atoms with Gasteiger partial charge in [0.15, 0.2) is 0 Å². The van der Waals surface area contributed by atoms with Crippen molar-refractivity contribution in [2.75, 3.05) is 26.6 Å². The van der Waals surface area contributed by atoms with Crippen LogP contribution in [0.25, 0.3) is 0 Å². The van der Waals surface area contributed by atoms with Crippen LogP contribution in [0.1, 0.15) is 26.3 Å². The van der Waals surface area contributed by atoms with Gasteiger partial charge in [0.1, 0.15) is 11.5 Å². The maximum atomic E-state index is 12.5. The Morgan fingerprint density at radius 3 is 2.12 bits per heavy atom. The van der Waals surface area contributed by atoms with Crippen LogP contribution in [0.5, 0.6) is 11.5 Å². The van der Waals surface area contributed by atoms with E-state index in [1.807, 2.05) is 6.92 Å². The normalized spacial score (nSPS) is 10.0. The van der Waals surface area contributed by atoms with Gasteiger partial charge in [0.25, 0.3) is 5.91 Å². The molecule has 0 aliphatic rings. The molecule has 0 radical (unpaired) electrons. The molecule has 2 aromatic rings. The largest absolute Gasteiger partial charge is 0.496 e. The number of benzene rings is 2. The zero-order chi connectivity index (χ0) is 17.7. The van der Waals surface area contributed by atoms with Crippen LogP contribution in [0.2, 0.25) is 0 Å². The van der Waals surface area contributed by atoms with Crippen LogP contribution < -0.4 is 14.8 Å². The maximum absolute atomic E-state index is 12.5. The highest BCUT2D eigenvalue weighted by molar-refractivity contribution is 6.06. The van der Waals surface area contributed by atoms with Crippen molar-refractivity contribution in [1.82, 2.24) is 0 Å². The molecular weight excluding hydrogens is 310 g/mol. The number of ether oxygens (including phenoxy) is 3. The minimum Gasteiger partial charge on any atom is -0.496 e. The quantitative estimate of drug-likeness (QED) is 0.854. The van der Waals surface area contributed by atoms with Gasteiger partial charge in [-0.25, -0.2) is 4.79 Å². The third kappa shape index (κ3) is 3.48. The highest BCUT2D eigenvalue weighted by Crippen LogP contribution is 2.31. The van der Waals surface area contributed by atoms with Crippen molar-refractivity contribution >= 4 is 17.6 Å². The molecule has 1 amide bonds. The summed E-state index contributed by atoms with van der Waals surface area (Å²) in [6.45, 7) is 1.82. The van der Waals surface area contributed by atoms with E-state index in [9.17, 15) is 9.59 Å². The molecule has 0 saturated heterocycles. The molecule has 0 bridgehead atoms. The summed E-state index contributed by atoms with van der Waals surface area (Å²) in [4.78, 5) is 23.9. The molecule has 0 unspecified atom stereocenters. The van der Waals surface area contributed by atoms with Crippen LogP contribution in [0, 0.1) is 6.92 Å². The van der Waals surface area contributed by atoms with E-state index in [2.05, 4.69) is 10.1 Å². The first kappa shape index (κ1) is 17.3. The molecule has 0 heterocycles. The van der Waals surface area contributed by atoms with Gasteiger partial charge >= 0.3 is 5.97 Å². The smallest absolute Gasteiger partial charge is 0.337 e. The second-order valence-corrected chi connectivity index (χ2v) is 5.00. The number of rotatable bonds is 5. The predicted octanol–water partition coefficient (Wildman–Crippen LogP) is 3.05. The van der Waals surface area contributed by atoms with Gasteiger partial charge in [0, 0.05) is 11.3 Å². The lowest BCUT2D eigenvalue weighted by molar-refractivity contribution is 0.0600. The van der Waals surface area contributed by atoms with Crippen LogP contribution in [0.3, 0.4) is 0 Å². The van der Waals surface area contributed by atoms with Crippen molar-refractivity contribution in [2.45, 2.75) is 6.92 Å². The van der Waals surface area contributed by atoms with Crippen molar-refractivity contribution in [3.63, 3.8) is 0 Å². The molecule has 0 fully saturated rings. The number of esters is 1. The number of nitrogens with one attached hydrogen (secondary N) is 1. The molecule has 24 heavy (non-hydrogen) atoms. The number of amides is 1. The highest BCUT2D eigenvalue weighted by Gasteiger charge is 2.17. The fourth-order valence-electron chi connectivity index (χ4n) is 2.34. The third-order valence-electron chi connectivity index (χ3n) is 3.59. The molecule has 1 N–H and O–H groups in total. The Labute approximate surface area is 140 Å². The molecule has 0 aromatic heterocycles. The van der Waals surface area contributed by atoms with E-state index >= 15 is 0 Å². The molecule has 0 spiro atoms. The molecule has 2 aromatic carbocycles. The predicted molar refractivity (Wildman–Crippen MR) is 90.0 cm³/mol. The first-order valence-electron chi connectivity index (χ1n) is 7.23. The number of anilines is 1. The standard InChI is InChI=1S/C18H19NO5/c1-11-15(22-2)10-9-14(16(11)23-3)17(20)19-13-7-5-12(6-8-13)18(21)24-4/h5-10H,1-4H3,(H,19,20). The number of methoxy groups -OCH3 is 3. The summed E-state index contributed by atoms with van der Waals surface area (Å²) < 4.78 is 15.2. The second kappa shape index (κ2) is 7.50.